The lowest BCUT2D eigenvalue weighted by Gasteiger charge is -2.09. The second-order valence-electron chi connectivity index (χ2n) is 7.11. The number of benzene rings is 1. The second kappa shape index (κ2) is 8.23. The van der Waals surface area contributed by atoms with Gasteiger partial charge in [0.25, 0.3) is 11.5 Å². The fourth-order valence-corrected chi connectivity index (χ4v) is 3.12. The molecule has 31 heavy (non-hydrogen) atoms. The van der Waals surface area contributed by atoms with Crippen LogP contribution in [0.25, 0.3) is 5.82 Å². The van der Waals surface area contributed by atoms with Gasteiger partial charge in [0, 0.05) is 30.3 Å². The summed E-state index contributed by atoms with van der Waals surface area (Å²) in [5.41, 5.74) is 3.00. The predicted molar refractivity (Wildman–Crippen MR) is 118 cm³/mol. The maximum Gasteiger partial charge on any atom is 0.263 e. The van der Waals surface area contributed by atoms with Crippen molar-refractivity contribution in [3.63, 3.8) is 0 Å². The van der Waals surface area contributed by atoms with E-state index in [2.05, 4.69) is 25.9 Å². The van der Waals surface area contributed by atoms with Gasteiger partial charge in [-0.2, -0.15) is 5.10 Å². The number of pyridine rings is 1. The van der Waals surface area contributed by atoms with Gasteiger partial charge in [-0.3, -0.25) is 9.59 Å². The fourth-order valence-electron chi connectivity index (χ4n) is 3.12. The zero-order chi connectivity index (χ0) is 22.0. The number of aryl methyl sites for hydroxylation is 3. The molecule has 1 aromatic carbocycles. The van der Waals surface area contributed by atoms with Crippen LogP contribution in [0.2, 0.25) is 0 Å². The number of amides is 1. The Hall–Kier alpha value is -4.27. The summed E-state index contributed by atoms with van der Waals surface area (Å²) >= 11 is 0. The highest BCUT2D eigenvalue weighted by atomic mass is 16.2. The van der Waals surface area contributed by atoms with Crippen LogP contribution in [0, 0.1) is 13.8 Å². The van der Waals surface area contributed by atoms with Crippen LogP contribution in [0.5, 0.6) is 0 Å². The van der Waals surface area contributed by atoms with Gasteiger partial charge in [-0.05, 0) is 68.4 Å². The Kier molecular flexibility index (Phi) is 5.31. The third-order valence-electron chi connectivity index (χ3n) is 4.66. The van der Waals surface area contributed by atoms with Crippen molar-refractivity contribution >= 4 is 23.1 Å². The monoisotopic (exact) mass is 415 g/mol. The third-order valence-corrected chi connectivity index (χ3v) is 4.66. The zero-order valence-corrected chi connectivity index (χ0v) is 17.3. The number of nitrogens with one attached hydrogen (secondary N) is 2. The number of hydrogen-bond acceptors (Lipinski definition) is 6. The molecule has 0 unspecified atom stereocenters. The van der Waals surface area contributed by atoms with Crippen LogP contribution in [0.15, 0.2) is 65.6 Å². The van der Waals surface area contributed by atoms with Gasteiger partial charge in [0.2, 0.25) is 0 Å². The van der Waals surface area contributed by atoms with E-state index in [1.807, 2.05) is 32.0 Å². The van der Waals surface area contributed by atoms with Crippen molar-refractivity contribution in [1.29, 1.82) is 0 Å². The van der Waals surface area contributed by atoms with Crippen LogP contribution in [0.4, 0.5) is 17.2 Å². The molecule has 156 valence electrons. The Morgan fingerprint density at radius 1 is 0.968 bits per heavy atom. The quantitative estimate of drug-likeness (QED) is 0.519. The Bertz CT molecular complexity index is 1290. The van der Waals surface area contributed by atoms with Crippen molar-refractivity contribution in [3.8, 4) is 5.82 Å². The number of anilines is 3. The first kappa shape index (κ1) is 20.0. The molecule has 4 aromatic rings. The van der Waals surface area contributed by atoms with E-state index in [1.165, 1.54) is 10.6 Å². The molecule has 0 radical (unpaired) electrons. The van der Waals surface area contributed by atoms with E-state index in [4.69, 9.17) is 0 Å². The standard InChI is InChI=1S/C22H21N7O2/c1-14-13-15(2)29(27-14)20-11-10-19(25-26-20)23-16-6-8-17(9-7-16)24-21(30)18-5-4-12-28(3)22(18)31/h4-13H,1-3H3,(H,23,25)(H,24,30). The lowest BCUT2D eigenvalue weighted by molar-refractivity contribution is 0.102. The van der Waals surface area contributed by atoms with Crippen LogP contribution in [-0.2, 0) is 7.05 Å². The van der Waals surface area contributed by atoms with E-state index < -0.39 is 5.91 Å². The molecule has 2 N–H and O–H groups in total. The molecule has 0 aliphatic heterocycles. The van der Waals surface area contributed by atoms with Crippen molar-refractivity contribution in [2.75, 3.05) is 10.6 Å². The van der Waals surface area contributed by atoms with Gasteiger partial charge in [-0.1, -0.05) is 0 Å². The minimum Gasteiger partial charge on any atom is -0.339 e. The van der Waals surface area contributed by atoms with Gasteiger partial charge in [0.1, 0.15) is 5.56 Å². The maximum absolute atomic E-state index is 12.4. The number of nitrogens with zero attached hydrogens (tertiary/aromatic N) is 5. The van der Waals surface area contributed by atoms with Crippen molar-refractivity contribution in [2.24, 2.45) is 7.05 Å². The summed E-state index contributed by atoms with van der Waals surface area (Å²) in [6.07, 6.45) is 1.60. The molecule has 0 atom stereocenters. The highest BCUT2D eigenvalue weighted by Gasteiger charge is 2.11. The molecule has 4 rings (SSSR count). The Morgan fingerprint density at radius 2 is 1.71 bits per heavy atom. The van der Waals surface area contributed by atoms with Gasteiger partial charge < -0.3 is 15.2 Å². The van der Waals surface area contributed by atoms with Crippen LogP contribution < -0.4 is 16.2 Å². The third kappa shape index (κ3) is 4.35. The molecule has 0 aliphatic carbocycles. The van der Waals surface area contributed by atoms with Gasteiger partial charge in [-0.15, -0.1) is 10.2 Å². The summed E-state index contributed by atoms with van der Waals surface area (Å²) in [6.45, 7) is 3.89. The van der Waals surface area contributed by atoms with Crippen LogP contribution >= 0.6 is 0 Å². The van der Waals surface area contributed by atoms with E-state index in [0.717, 1.165) is 17.1 Å². The summed E-state index contributed by atoms with van der Waals surface area (Å²) < 4.78 is 3.10. The molecule has 0 saturated carbocycles. The van der Waals surface area contributed by atoms with E-state index in [1.54, 1.807) is 48.3 Å². The molecule has 9 nitrogen and oxygen atoms in total. The molecule has 0 aliphatic rings. The second-order valence-corrected chi connectivity index (χ2v) is 7.11. The lowest BCUT2D eigenvalue weighted by atomic mass is 10.2. The molecule has 0 saturated heterocycles. The van der Waals surface area contributed by atoms with Crippen molar-refractivity contribution in [1.82, 2.24) is 24.5 Å². The summed E-state index contributed by atoms with van der Waals surface area (Å²) in [6, 6.07) is 15.9. The first-order valence-corrected chi connectivity index (χ1v) is 9.62. The summed E-state index contributed by atoms with van der Waals surface area (Å²) in [5, 5.41) is 18.7. The Morgan fingerprint density at radius 3 is 2.35 bits per heavy atom. The Labute approximate surface area is 178 Å². The number of rotatable bonds is 5. The summed E-state index contributed by atoms with van der Waals surface area (Å²) in [7, 11) is 1.60. The topological polar surface area (TPSA) is 107 Å². The minimum absolute atomic E-state index is 0.0881. The maximum atomic E-state index is 12.4. The average Bonchev–Trinajstić information content (AvgIpc) is 3.10. The largest absolute Gasteiger partial charge is 0.339 e. The average molecular weight is 415 g/mol. The summed E-state index contributed by atoms with van der Waals surface area (Å²) in [5.74, 6) is 0.767. The number of carbonyl (C=O) groups excluding carboxylic acids is 1. The summed E-state index contributed by atoms with van der Waals surface area (Å²) in [4.78, 5) is 24.4. The first-order valence-electron chi connectivity index (χ1n) is 9.62. The highest BCUT2D eigenvalue weighted by Crippen LogP contribution is 2.18. The van der Waals surface area contributed by atoms with Crippen LogP contribution in [0.1, 0.15) is 21.7 Å². The van der Waals surface area contributed by atoms with Crippen molar-refractivity contribution in [2.45, 2.75) is 13.8 Å². The molecule has 3 heterocycles. The predicted octanol–water partition coefficient (Wildman–Crippen LogP) is 2.97. The van der Waals surface area contributed by atoms with E-state index in [9.17, 15) is 9.59 Å². The van der Waals surface area contributed by atoms with Gasteiger partial charge >= 0.3 is 0 Å². The SMILES string of the molecule is Cc1cc(C)n(-c2ccc(Nc3ccc(NC(=O)c4cccn(C)c4=O)cc3)nn2)n1. The van der Waals surface area contributed by atoms with Crippen LogP contribution in [0.3, 0.4) is 0 Å². The Balaban J connectivity index is 1.43. The molecule has 0 spiro atoms. The molecular formula is C22H21N7O2. The number of hydrogen-bond donors (Lipinski definition) is 2. The van der Waals surface area contributed by atoms with Gasteiger partial charge in [0.15, 0.2) is 11.6 Å². The van der Waals surface area contributed by atoms with Crippen LogP contribution in [-0.4, -0.2) is 30.5 Å². The molecule has 3 aromatic heterocycles. The van der Waals surface area contributed by atoms with E-state index >= 15 is 0 Å². The zero-order valence-electron chi connectivity index (χ0n) is 17.3. The van der Waals surface area contributed by atoms with Gasteiger partial charge in [0.05, 0.1) is 5.69 Å². The van der Waals surface area contributed by atoms with E-state index in [0.29, 0.717) is 17.3 Å². The fraction of sp³-hybridized carbons (Fsp3) is 0.136. The molecule has 0 bridgehead atoms. The van der Waals surface area contributed by atoms with Crippen molar-refractivity contribution < 1.29 is 4.79 Å². The molecule has 0 fully saturated rings. The highest BCUT2D eigenvalue weighted by molar-refractivity contribution is 6.04. The molecule has 1 amide bonds. The minimum atomic E-state index is -0.451. The normalized spacial score (nSPS) is 10.7. The number of aromatic nitrogens is 5. The van der Waals surface area contributed by atoms with Gasteiger partial charge in [-0.25, -0.2) is 4.68 Å². The first-order chi connectivity index (χ1) is 14.9. The molecule has 9 heteroatoms. The lowest BCUT2D eigenvalue weighted by Crippen LogP contribution is -2.26. The van der Waals surface area contributed by atoms with E-state index in [-0.39, 0.29) is 11.1 Å². The molecular weight excluding hydrogens is 394 g/mol. The smallest absolute Gasteiger partial charge is 0.263 e. The van der Waals surface area contributed by atoms with Crippen molar-refractivity contribution in [3.05, 3.63) is 88.1 Å². The number of carbonyl (C=O) groups is 1.